The Labute approximate surface area is 137 Å². The highest BCUT2D eigenvalue weighted by Crippen LogP contribution is 2.65. The van der Waals surface area contributed by atoms with Gasteiger partial charge in [0, 0.05) is 5.02 Å². The third-order valence-electron chi connectivity index (χ3n) is 5.81. The molecule has 4 aliphatic carbocycles. The second kappa shape index (κ2) is 4.15. The van der Waals surface area contributed by atoms with Gasteiger partial charge >= 0.3 is 0 Å². The molecule has 6 atom stereocenters. The minimum Gasteiger partial charge on any atom is -0.274 e. The topological polar surface area (TPSA) is 37.4 Å². The molecule has 0 aromatic heterocycles. The fourth-order valence-electron chi connectivity index (χ4n) is 4.85. The Morgan fingerprint density at radius 3 is 2.14 bits per heavy atom. The van der Waals surface area contributed by atoms with E-state index in [9.17, 15) is 9.59 Å². The van der Waals surface area contributed by atoms with E-state index in [-0.39, 0.29) is 35.5 Å². The zero-order valence-electron chi connectivity index (χ0n) is 11.6. The van der Waals surface area contributed by atoms with E-state index in [4.69, 9.17) is 23.2 Å². The van der Waals surface area contributed by atoms with E-state index in [1.165, 1.54) is 4.90 Å². The van der Waals surface area contributed by atoms with Crippen molar-refractivity contribution >= 4 is 40.7 Å². The molecule has 112 valence electrons. The van der Waals surface area contributed by atoms with Crippen molar-refractivity contribution in [1.29, 1.82) is 0 Å². The Morgan fingerprint density at radius 1 is 0.955 bits per heavy atom. The lowest BCUT2D eigenvalue weighted by Gasteiger charge is -2.37. The monoisotopic (exact) mass is 333 g/mol. The number of nitrogens with zero attached hydrogens (tertiary/aromatic N) is 1. The maximum absolute atomic E-state index is 12.9. The van der Waals surface area contributed by atoms with Crippen molar-refractivity contribution < 1.29 is 9.59 Å². The first-order valence-electron chi connectivity index (χ1n) is 7.59. The van der Waals surface area contributed by atoms with E-state index in [2.05, 4.69) is 12.2 Å². The number of anilines is 1. The molecular weight excluding hydrogens is 321 g/mol. The first-order chi connectivity index (χ1) is 10.6. The van der Waals surface area contributed by atoms with Crippen LogP contribution in [0.1, 0.15) is 6.42 Å². The van der Waals surface area contributed by atoms with Crippen LogP contribution in [-0.4, -0.2) is 11.8 Å². The van der Waals surface area contributed by atoms with Crippen LogP contribution < -0.4 is 4.90 Å². The molecule has 3 fully saturated rings. The van der Waals surface area contributed by atoms with Gasteiger partial charge in [0.15, 0.2) is 0 Å². The van der Waals surface area contributed by atoms with Gasteiger partial charge in [0.05, 0.1) is 22.5 Å². The van der Waals surface area contributed by atoms with Gasteiger partial charge in [0.2, 0.25) is 11.8 Å². The molecule has 1 aromatic carbocycles. The number of imide groups is 1. The van der Waals surface area contributed by atoms with Gasteiger partial charge in [0.25, 0.3) is 0 Å². The summed E-state index contributed by atoms with van der Waals surface area (Å²) in [6.45, 7) is 0. The van der Waals surface area contributed by atoms with Crippen molar-refractivity contribution in [2.75, 3.05) is 4.90 Å². The number of rotatable bonds is 1. The largest absolute Gasteiger partial charge is 0.274 e. The van der Waals surface area contributed by atoms with Gasteiger partial charge < -0.3 is 0 Å². The van der Waals surface area contributed by atoms with Gasteiger partial charge in [-0.25, -0.2) is 4.90 Å². The number of carbonyl (C=O) groups is 2. The molecule has 1 saturated heterocycles. The fraction of sp³-hybridized carbons (Fsp3) is 0.412. The quantitative estimate of drug-likeness (QED) is 0.582. The number of amides is 2. The van der Waals surface area contributed by atoms with Crippen LogP contribution in [0, 0.1) is 35.5 Å². The van der Waals surface area contributed by atoms with Crippen molar-refractivity contribution in [2.45, 2.75) is 6.42 Å². The first-order valence-corrected chi connectivity index (χ1v) is 8.34. The van der Waals surface area contributed by atoms with Crippen molar-refractivity contribution in [1.82, 2.24) is 0 Å². The van der Waals surface area contributed by atoms with Gasteiger partial charge in [0.1, 0.15) is 0 Å². The molecular formula is C17H13Cl2NO2. The number of carbonyl (C=O) groups excluding carboxylic acids is 2. The maximum Gasteiger partial charge on any atom is 0.238 e. The molecule has 0 radical (unpaired) electrons. The van der Waals surface area contributed by atoms with E-state index in [0.717, 1.165) is 6.42 Å². The molecule has 0 unspecified atom stereocenters. The number of halogens is 2. The van der Waals surface area contributed by atoms with Gasteiger partial charge in [-0.2, -0.15) is 0 Å². The molecule has 2 saturated carbocycles. The normalized spacial score (nSPS) is 40.9. The maximum atomic E-state index is 12.9. The minimum atomic E-state index is -0.207. The van der Waals surface area contributed by atoms with Crippen molar-refractivity contribution in [3.63, 3.8) is 0 Å². The average Bonchev–Trinajstić information content (AvgIpc) is 3.28. The lowest BCUT2D eigenvalue weighted by atomic mass is 9.63. The molecule has 1 heterocycles. The van der Waals surface area contributed by atoms with Gasteiger partial charge in [-0.15, -0.1) is 0 Å². The highest BCUT2D eigenvalue weighted by Gasteiger charge is 2.67. The van der Waals surface area contributed by atoms with E-state index in [1.54, 1.807) is 18.2 Å². The zero-order chi connectivity index (χ0) is 15.2. The Kier molecular flexibility index (Phi) is 2.48. The summed E-state index contributed by atoms with van der Waals surface area (Å²) in [6, 6.07) is 4.89. The Hall–Kier alpha value is -1.32. The molecule has 2 amide bonds. The fourth-order valence-corrected chi connectivity index (χ4v) is 5.22. The Morgan fingerprint density at radius 2 is 1.55 bits per heavy atom. The molecule has 0 spiro atoms. The lowest BCUT2D eigenvalue weighted by Crippen LogP contribution is -2.40. The third kappa shape index (κ3) is 1.49. The molecule has 5 aliphatic rings. The predicted molar refractivity (Wildman–Crippen MR) is 83.7 cm³/mol. The molecule has 1 aliphatic heterocycles. The highest BCUT2D eigenvalue weighted by molar-refractivity contribution is 6.37. The molecule has 6 rings (SSSR count). The van der Waals surface area contributed by atoms with Crippen LogP contribution in [0.25, 0.3) is 0 Å². The SMILES string of the molecule is O=C1[C@@H]2[C@H]3C=C[C@@H]([C@@H]4C[C@H]34)[C@H]2C(=O)N1c1cc(Cl)ccc1Cl. The number of benzene rings is 1. The number of allylic oxidation sites excluding steroid dienone is 2. The average molecular weight is 334 g/mol. The lowest BCUT2D eigenvalue weighted by molar-refractivity contribution is -0.124. The Balaban J connectivity index is 1.62. The standard InChI is InChI=1S/C17H13Cl2NO2/c18-7-1-4-12(19)13(5-7)20-16(21)14-8-2-3-9(11-6-10(8)11)15(14)17(20)22/h1-5,8-11,14-15H,6H2/t8-,9-,10-,11+,14+,15+/m0/s1. The van der Waals surface area contributed by atoms with Gasteiger partial charge in [-0.1, -0.05) is 35.4 Å². The van der Waals surface area contributed by atoms with E-state index in [1.807, 2.05) is 0 Å². The summed E-state index contributed by atoms with van der Waals surface area (Å²) in [4.78, 5) is 27.2. The van der Waals surface area contributed by atoms with Crippen LogP contribution in [0.2, 0.25) is 10.0 Å². The van der Waals surface area contributed by atoms with Crippen molar-refractivity contribution in [3.05, 3.63) is 40.4 Å². The first kappa shape index (κ1) is 13.1. The molecule has 2 bridgehead atoms. The van der Waals surface area contributed by atoms with Crippen LogP contribution in [0.15, 0.2) is 30.4 Å². The second-order valence-electron chi connectivity index (χ2n) is 6.76. The molecule has 5 heteroatoms. The summed E-state index contributed by atoms with van der Waals surface area (Å²) in [5.74, 6) is 1.01. The summed E-state index contributed by atoms with van der Waals surface area (Å²) in [6.07, 6.45) is 5.48. The summed E-state index contributed by atoms with van der Waals surface area (Å²) in [7, 11) is 0. The zero-order valence-corrected chi connectivity index (χ0v) is 13.1. The van der Waals surface area contributed by atoms with E-state index in [0.29, 0.717) is 27.6 Å². The number of hydrogen-bond donors (Lipinski definition) is 0. The van der Waals surface area contributed by atoms with Crippen LogP contribution >= 0.6 is 23.2 Å². The minimum absolute atomic E-state index is 0.108. The predicted octanol–water partition coefficient (Wildman–Crippen LogP) is 3.55. The molecule has 1 aromatic rings. The summed E-state index contributed by atoms with van der Waals surface area (Å²) in [5, 5.41) is 0.856. The summed E-state index contributed by atoms with van der Waals surface area (Å²) < 4.78 is 0. The Bertz CT molecular complexity index is 723. The number of hydrogen-bond acceptors (Lipinski definition) is 2. The van der Waals surface area contributed by atoms with E-state index < -0.39 is 0 Å². The molecule has 0 N–H and O–H groups in total. The van der Waals surface area contributed by atoms with Crippen molar-refractivity contribution in [2.24, 2.45) is 35.5 Å². The van der Waals surface area contributed by atoms with Crippen LogP contribution in [0.4, 0.5) is 5.69 Å². The molecule has 22 heavy (non-hydrogen) atoms. The third-order valence-corrected chi connectivity index (χ3v) is 6.37. The smallest absolute Gasteiger partial charge is 0.238 e. The van der Waals surface area contributed by atoms with Gasteiger partial charge in [-0.3, -0.25) is 9.59 Å². The van der Waals surface area contributed by atoms with Crippen LogP contribution in [-0.2, 0) is 9.59 Å². The van der Waals surface area contributed by atoms with Gasteiger partial charge in [-0.05, 0) is 48.3 Å². The van der Waals surface area contributed by atoms with Crippen LogP contribution in [0.3, 0.4) is 0 Å². The summed E-state index contributed by atoms with van der Waals surface area (Å²) in [5.41, 5.74) is 0.423. The summed E-state index contributed by atoms with van der Waals surface area (Å²) >= 11 is 12.2. The molecule has 3 nitrogen and oxygen atoms in total. The van der Waals surface area contributed by atoms with Crippen molar-refractivity contribution in [3.8, 4) is 0 Å². The van der Waals surface area contributed by atoms with Crippen LogP contribution in [0.5, 0.6) is 0 Å². The second-order valence-corrected chi connectivity index (χ2v) is 7.61. The highest BCUT2D eigenvalue weighted by atomic mass is 35.5. The van der Waals surface area contributed by atoms with E-state index >= 15 is 0 Å².